The number of carboxylic acid groups (broad SMARTS) is 1. The molecule has 26 heavy (non-hydrogen) atoms. The molecule has 0 unspecified atom stereocenters. The molecule has 0 saturated carbocycles. The highest BCUT2D eigenvalue weighted by Gasteiger charge is 2.13. The Labute approximate surface area is 154 Å². The summed E-state index contributed by atoms with van der Waals surface area (Å²) in [5.41, 5.74) is 1.73. The van der Waals surface area contributed by atoms with Crippen LogP contribution in [0.2, 0.25) is 0 Å². The molecular weight excluding hydrogens is 326 g/mol. The normalized spacial score (nSPS) is 15.6. The minimum atomic E-state index is -0.945. The van der Waals surface area contributed by atoms with Gasteiger partial charge in [-0.1, -0.05) is 55.0 Å². The van der Waals surface area contributed by atoms with Crippen LogP contribution in [0.25, 0.3) is 11.6 Å². The quantitative estimate of drug-likeness (QED) is 0.601. The summed E-state index contributed by atoms with van der Waals surface area (Å²) < 4.78 is 5.98. The number of hydrogen-bond acceptors (Lipinski definition) is 3. The zero-order valence-electron chi connectivity index (χ0n) is 14.9. The van der Waals surface area contributed by atoms with Crippen molar-refractivity contribution in [2.24, 2.45) is 0 Å². The van der Waals surface area contributed by atoms with Crippen molar-refractivity contribution in [1.29, 1.82) is 0 Å². The molecule has 0 atom stereocenters. The van der Waals surface area contributed by atoms with Gasteiger partial charge in [0.25, 0.3) is 0 Å². The summed E-state index contributed by atoms with van der Waals surface area (Å²) >= 11 is 0. The predicted octanol–water partition coefficient (Wildman–Crippen LogP) is 4.18. The third-order valence-electron chi connectivity index (χ3n) is 4.65. The van der Waals surface area contributed by atoms with Crippen LogP contribution in [0, 0.1) is 0 Å². The Morgan fingerprint density at radius 2 is 1.69 bits per heavy atom. The highest BCUT2D eigenvalue weighted by molar-refractivity contribution is 6.20. The number of piperidine rings is 1. The summed E-state index contributed by atoms with van der Waals surface area (Å²) in [5, 5.41) is 9.61. The molecule has 0 radical (unpaired) electrons. The zero-order valence-corrected chi connectivity index (χ0v) is 14.9. The second-order valence-electron chi connectivity index (χ2n) is 6.52. The highest BCUT2D eigenvalue weighted by atomic mass is 16.5. The second-order valence-corrected chi connectivity index (χ2v) is 6.52. The number of ether oxygens (including phenoxy) is 1. The largest absolute Gasteiger partial charge is 0.492 e. The van der Waals surface area contributed by atoms with E-state index in [1.165, 1.54) is 19.3 Å². The lowest BCUT2D eigenvalue weighted by Crippen LogP contribution is -2.33. The molecule has 136 valence electrons. The molecule has 3 rings (SSSR count). The van der Waals surface area contributed by atoms with E-state index in [1.807, 2.05) is 42.5 Å². The Hall–Kier alpha value is -2.59. The monoisotopic (exact) mass is 351 g/mol. The SMILES string of the molecule is O=C(O)/C(=C\c1ccccc1OCCN1CCCCC1)c1ccccc1. The van der Waals surface area contributed by atoms with Gasteiger partial charge in [0.2, 0.25) is 0 Å². The number of benzene rings is 2. The van der Waals surface area contributed by atoms with Gasteiger partial charge >= 0.3 is 5.97 Å². The molecule has 4 nitrogen and oxygen atoms in total. The van der Waals surface area contributed by atoms with E-state index in [0.717, 1.165) is 30.9 Å². The number of carbonyl (C=O) groups is 1. The lowest BCUT2D eigenvalue weighted by Gasteiger charge is -2.26. The molecule has 1 saturated heterocycles. The van der Waals surface area contributed by atoms with Crippen molar-refractivity contribution in [1.82, 2.24) is 4.90 Å². The van der Waals surface area contributed by atoms with Crippen LogP contribution in [0.3, 0.4) is 0 Å². The van der Waals surface area contributed by atoms with E-state index in [9.17, 15) is 9.90 Å². The topological polar surface area (TPSA) is 49.8 Å². The third-order valence-corrected chi connectivity index (χ3v) is 4.65. The summed E-state index contributed by atoms with van der Waals surface area (Å²) in [6.07, 6.45) is 5.53. The van der Waals surface area contributed by atoms with Gasteiger partial charge in [-0.25, -0.2) is 4.79 Å². The molecule has 2 aromatic carbocycles. The lowest BCUT2D eigenvalue weighted by molar-refractivity contribution is -0.130. The van der Waals surface area contributed by atoms with Gasteiger partial charge < -0.3 is 9.84 Å². The van der Waals surface area contributed by atoms with Gasteiger partial charge in [0.15, 0.2) is 0 Å². The molecule has 2 aromatic rings. The van der Waals surface area contributed by atoms with Crippen LogP contribution in [-0.2, 0) is 4.79 Å². The van der Waals surface area contributed by atoms with Crippen LogP contribution in [0.4, 0.5) is 0 Å². The Balaban J connectivity index is 1.74. The Bertz CT molecular complexity index is 749. The molecule has 1 N–H and O–H groups in total. The number of nitrogens with zero attached hydrogens (tertiary/aromatic N) is 1. The van der Waals surface area contributed by atoms with Crippen molar-refractivity contribution < 1.29 is 14.6 Å². The molecule has 0 bridgehead atoms. The van der Waals surface area contributed by atoms with E-state index in [1.54, 1.807) is 18.2 Å². The van der Waals surface area contributed by atoms with Crippen LogP contribution in [0.5, 0.6) is 5.75 Å². The van der Waals surface area contributed by atoms with Crippen LogP contribution >= 0.6 is 0 Å². The highest BCUT2D eigenvalue weighted by Crippen LogP contribution is 2.25. The molecule has 1 fully saturated rings. The van der Waals surface area contributed by atoms with Crippen molar-refractivity contribution in [3.05, 3.63) is 65.7 Å². The summed E-state index contributed by atoms with van der Waals surface area (Å²) in [4.78, 5) is 14.1. The maximum atomic E-state index is 11.7. The maximum absolute atomic E-state index is 11.7. The van der Waals surface area contributed by atoms with Crippen molar-refractivity contribution in [3.63, 3.8) is 0 Å². The van der Waals surface area contributed by atoms with Gasteiger partial charge in [0.05, 0.1) is 5.57 Å². The van der Waals surface area contributed by atoms with Gasteiger partial charge in [-0.3, -0.25) is 4.90 Å². The van der Waals surface area contributed by atoms with E-state index < -0.39 is 5.97 Å². The average Bonchev–Trinajstić information content (AvgIpc) is 2.68. The van der Waals surface area contributed by atoms with Crippen LogP contribution in [-0.4, -0.2) is 42.2 Å². The van der Waals surface area contributed by atoms with E-state index >= 15 is 0 Å². The molecule has 0 amide bonds. The van der Waals surface area contributed by atoms with Crippen molar-refractivity contribution in [2.45, 2.75) is 19.3 Å². The Morgan fingerprint density at radius 1 is 1.00 bits per heavy atom. The fourth-order valence-corrected chi connectivity index (χ4v) is 3.24. The number of likely N-dealkylation sites (tertiary alicyclic amines) is 1. The first-order chi connectivity index (χ1) is 12.7. The molecule has 0 aromatic heterocycles. The first kappa shape index (κ1) is 18.2. The van der Waals surface area contributed by atoms with Gasteiger partial charge in [0.1, 0.15) is 12.4 Å². The van der Waals surface area contributed by atoms with E-state index in [4.69, 9.17) is 4.74 Å². The standard InChI is InChI=1S/C22H25NO3/c24-22(25)20(18-9-3-1-4-10-18)17-19-11-5-6-12-21(19)26-16-15-23-13-7-2-8-14-23/h1,3-6,9-12,17H,2,7-8,13-16H2,(H,24,25)/b20-17-. The number of carboxylic acids is 1. The molecule has 4 heteroatoms. The third kappa shape index (κ3) is 4.96. The van der Waals surface area contributed by atoms with Crippen LogP contribution < -0.4 is 4.74 Å². The summed E-state index contributed by atoms with van der Waals surface area (Å²) in [7, 11) is 0. The maximum Gasteiger partial charge on any atom is 0.336 e. The minimum Gasteiger partial charge on any atom is -0.492 e. The first-order valence-corrected chi connectivity index (χ1v) is 9.18. The lowest BCUT2D eigenvalue weighted by atomic mass is 10.0. The number of rotatable bonds is 7. The molecular formula is C22H25NO3. The molecule has 0 aliphatic carbocycles. The fraction of sp³-hybridized carbons (Fsp3) is 0.318. The first-order valence-electron chi connectivity index (χ1n) is 9.18. The second kappa shape index (κ2) is 9.20. The van der Waals surface area contributed by atoms with Gasteiger partial charge in [0, 0.05) is 12.1 Å². The summed E-state index contributed by atoms with van der Waals surface area (Å²) in [5.74, 6) is -0.224. The summed E-state index contributed by atoms with van der Waals surface area (Å²) in [6.45, 7) is 3.80. The van der Waals surface area contributed by atoms with Crippen LogP contribution in [0.15, 0.2) is 54.6 Å². The van der Waals surface area contributed by atoms with Crippen molar-refractivity contribution in [3.8, 4) is 5.75 Å². The van der Waals surface area contributed by atoms with E-state index in [2.05, 4.69) is 4.90 Å². The molecule has 1 aliphatic heterocycles. The van der Waals surface area contributed by atoms with Crippen LogP contribution in [0.1, 0.15) is 30.4 Å². The smallest absolute Gasteiger partial charge is 0.336 e. The van der Waals surface area contributed by atoms with Crippen molar-refractivity contribution in [2.75, 3.05) is 26.2 Å². The Morgan fingerprint density at radius 3 is 2.42 bits per heavy atom. The number of hydrogen-bond donors (Lipinski definition) is 1. The van der Waals surface area contributed by atoms with E-state index in [0.29, 0.717) is 12.2 Å². The van der Waals surface area contributed by atoms with Gasteiger partial charge in [-0.2, -0.15) is 0 Å². The van der Waals surface area contributed by atoms with Gasteiger partial charge in [-0.15, -0.1) is 0 Å². The van der Waals surface area contributed by atoms with E-state index in [-0.39, 0.29) is 5.57 Å². The predicted molar refractivity (Wildman–Crippen MR) is 104 cm³/mol. The zero-order chi connectivity index (χ0) is 18.2. The summed E-state index contributed by atoms with van der Waals surface area (Å²) in [6, 6.07) is 16.8. The Kier molecular flexibility index (Phi) is 6.45. The molecule has 1 aliphatic rings. The molecule has 1 heterocycles. The van der Waals surface area contributed by atoms with Gasteiger partial charge in [-0.05, 0) is 43.6 Å². The number of para-hydroxylation sites is 1. The average molecular weight is 351 g/mol. The number of aliphatic carboxylic acids is 1. The fourth-order valence-electron chi connectivity index (χ4n) is 3.24. The minimum absolute atomic E-state index is 0.262. The molecule has 0 spiro atoms. The van der Waals surface area contributed by atoms with Crippen molar-refractivity contribution >= 4 is 17.6 Å².